The molecule has 1 aromatic heterocycles. The molecule has 0 spiro atoms. The van der Waals surface area contributed by atoms with E-state index in [4.69, 9.17) is 16.1 Å². The van der Waals surface area contributed by atoms with Gasteiger partial charge in [0.15, 0.2) is 5.82 Å². The second-order valence-electron chi connectivity index (χ2n) is 4.32. The van der Waals surface area contributed by atoms with E-state index < -0.39 is 5.82 Å². The number of hydrogen-bond donors (Lipinski definition) is 1. The number of hydrogen-bond acceptors (Lipinski definition) is 3. The van der Waals surface area contributed by atoms with Crippen molar-refractivity contribution in [1.29, 1.82) is 0 Å². The van der Waals surface area contributed by atoms with Gasteiger partial charge < -0.3 is 9.84 Å². The van der Waals surface area contributed by atoms with E-state index in [0.717, 1.165) is 4.47 Å². The number of benzene rings is 2. The van der Waals surface area contributed by atoms with E-state index >= 15 is 0 Å². The lowest BCUT2D eigenvalue weighted by Gasteiger charge is -2.09. The van der Waals surface area contributed by atoms with Gasteiger partial charge in [-0.2, -0.15) is 0 Å². The molecule has 2 aromatic carbocycles. The van der Waals surface area contributed by atoms with E-state index in [9.17, 15) is 4.39 Å². The molecule has 0 radical (unpaired) electrons. The molecular weight excluding hydrogens is 347 g/mol. The maximum Gasteiger partial charge on any atom is 0.204 e. The fraction of sp³-hybridized carbons (Fsp3) is 0.0714. The van der Waals surface area contributed by atoms with Crippen LogP contribution in [0.1, 0.15) is 5.69 Å². The van der Waals surface area contributed by atoms with E-state index in [-0.39, 0.29) is 11.3 Å². The summed E-state index contributed by atoms with van der Waals surface area (Å²) in [6.45, 7) is 1.77. The molecule has 0 aliphatic rings. The number of anilines is 2. The smallest absolute Gasteiger partial charge is 0.204 e. The molecular formula is C14H9BrClFN2O. The molecule has 0 saturated carbocycles. The Balaban J connectivity index is 2.04. The third kappa shape index (κ3) is 2.27. The Kier molecular flexibility index (Phi) is 3.40. The first-order valence-electron chi connectivity index (χ1n) is 5.83. The van der Waals surface area contributed by atoms with Crippen LogP contribution in [0, 0.1) is 12.7 Å². The molecule has 1 heterocycles. The third-order valence-corrected chi connectivity index (χ3v) is 3.77. The van der Waals surface area contributed by atoms with E-state index in [1.807, 2.05) is 6.07 Å². The van der Waals surface area contributed by atoms with Crippen LogP contribution in [0.2, 0.25) is 5.02 Å². The zero-order valence-corrected chi connectivity index (χ0v) is 12.7. The molecule has 1 N–H and O–H groups in total. The number of aromatic nitrogens is 1. The van der Waals surface area contributed by atoms with Crippen molar-refractivity contribution in [2.75, 3.05) is 5.32 Å². The second kappa shape index (κ2) is 5.07. The highest BCUT2D eigenvalue weighted by atomic mass is 79.9. The number of aryl methyl sites for hydroxylation is 1. The van der Waals surface area contributed by atoms with Gasteiger partial charge in [-0.3, -0.25) is 0 Å². The third-order valence-electron chi connectivity index (χ3n) is 2.96. The summed E-state index contributed by atoms with van der Waals surface area (Å²) in [6.07, 6.45) is 0. The molecule has 3 aromatic rings. The van der Waals surface area contributed by atoms with Crippen LogP contribution in [0.3, 0.4) is 0 Å². The highest BCUT2D eigenvalue weighted by Gasteiger charge is 2.14. The molecule has 3 rings (SSSR count). The van der Waals surface area contributed by atoms with Crippen molar-refractivity contribution in [2.24, 2.45) is 0 Å². The van der Waals surface area contributed by atoms with Crippen LogP contribution < -0.4 is 5.32 Å². The van der Waals surface area contributed by atoms with Crippen LogP contribution in [-0.2, 0) is 0 Å². The van der Waals surface area contributed by atoms with Crippen molar-refractivity contribution < 1.29 is 8.91 Å². The summed E-state index contributed by atoms with van der Waals surface area (Å²) < 4.78 is 20.2. The van der Waals surface area contributed by atoms with Crippen molar-refractivity contribution >= 4 is 49.9 Å². The van der Waals surface area contributed by atoms with Gasteiger partial charge in [0.2, 0.25) is 5.58 Å². The largest absolute Gasteiger partial charge is 0.353 e. The minimum absolute atomic E-state index is 0.140. The van der Waals surface area contributed by atoms with Gasteiger partial charge in [0, 0.05) is 9.86 Å². The van der Waals surface area contributed by atoms with Gasteiger partial charge in [0.25, 0.3) is 0 Å². The fourth-order valence-corrected chi connectivity index (χ4v) is 2.65. The highest BCUT2D eigenvalue weighted by molar-refractivity contribution is 9.10. The Morgan fingerprint density at radius 2 is 2.00 bits per heavy atom. The zero-order chi connectivity index (χ0) is 14.3. The Morgan fingerprint density at radius 3 is 2.75 bits per heavy atom. The van der Waals surface area contributed by atoms with Crippen molar-refractivity contribution in [3.63, 3.8) is 0 Å². The summed E-state index contributed by atoms with van der Waals surface area (Å²) in [5.74, 6) is -0.484. The summed E-state index contributed by atoms with van der Waals surface area (Å²) in [5, 5.41) is 7.87. The summed E-state index contributed by atoms with van der Waals surface area (Å²) in [5.41, 5.74) is 1.70. The first-order valence-corrected chi connectivity index (χ1v) is 7.00. The average Bonchev–Trinajstić information content (AvgIpc) is 2.78. The van der Waals surface area contributed by atoms with Gasteiger partial charge in [0.05, 0.1) is 22.1 Å². The number of nitrogens with zero attached hydrogens (tertiary/aromatic N) is 1. The molecule has 0 atom stereocenters. The van der Waals surface area contributed by atoms with Crippen molar-refractivity contribution in [3.05, 3.63) is 51.3 Å². The number of fused-ring (bicyclic) bond motifs is 1. The van der Waals surface area contributed by atoms with Gasteiger partial charge in [-0.15, -0.1) is 0 Å². The van der Waals surface area contributed by atoms with Crippen LogP contribution in [0.25, 0.3) is 11.0 Å². The minimum Gasteiger partial charge on any atom is -0.353 e. The highest BCUT2D eigenvalue weighted by Crippen LogP contribution is 2.32. The lowest BCUT2D eigenvalue weighted by Crippen LogP contribution is -1.95. The topological polar surface area (TPSA) is 38.1 Å². The van der Waals surface area contributed by atoms with Crippen LogP contribution in [0.4, 0.5) is 15.8 Å². The molecule has 3 nitrogen and oxygen atoms in total. The van der Waals surface area contributed by atoms with E-state index in [0.29, 0.717) is 21.8 Å². The monoisotopic (exact) mass is 354 g/mol. The number of nitrogens with one attached hydrogen (secondary N) is 1. The Hall–Kier alpha value is -1.59. The normalized spacial score (nSPS) is 11.0. The Bertz CT molecular complexity index is 803. The standard InChI is InChI=1S/C14H9BrClFN2O/c1-7-9-3-5-12(13(17)14(9)20-19-7)18-11-4-2-8(15)6-10(11)16/h2-6,18H,1H3. The van der Waals surface area contributed by atoms with Gasteiger partial charge in [0.1, 0.15) is 0 Å². The van der Waals surface area contributed by atoms with Gasteiger partial charge >= 0.3 is 0 Å². The predicted octanol–water partition coefficient (Wildman–Crippen LogP) is 5.43. The lowest BCUT2D eigenvalue weighted by atomic mass is 10.2. The van der Waals surface area contributed by atoms with E-state index in [2.05, 4.69) is 26.4 Å². The zero-order valence-electron chi connectivity index (χ0n) is 10.4. The quantitative estimate of drug-likeness (QED) is 0.665. The molecule has 0 saturated heterocycles. The predicted molar refractivity (Wildman–Crippen MR) is 81.1 cm³/mol. The van der Waals surface area contributed by atoms with Crippen LogP contribution in [0.15, 0.2) is 39.3 Å². The maximum atomic E-state index is 14.3. The molecule has 20 heavy (non-hydrogen) atoms. The molecule has 0 fully saturated rings. The van der Waals surface area contributed by atoms with Gasteiger partial charge in [-0.05, 0) is 37.3 Å². The van der Waals surface area contributed by atoms with Crippen LogP contribution in [0.5, 0.6) is 0 Å². The van der Waals surface area contributed by atoms with Crippen molar-refractivity contribution in [3.8, 4) is 0 Å². The number of halogens is 3. The van der Waals surface area contributed by atoms with E-state index in [1.54, 1.807) is 31.2 Å². The molecule has 102 valence electrons. The first-order chi connectivity index (χ1) is 9.56. The summed E-state index contributed by atoms with van der Waals surface area (Å²) in [7, 11) is 0. The molecule has 6 heteroatoms. The number of rotatable bonds is 2. The summed E-state index contributed by atoms with van der Waals surface area (Å²) in [6, 6.07) is 8.73. The summed E-state index contributed by atoms with van der Waals surface area (Å²) >= 11 is 9.43. The fourth-order valence-electron chi connectivity index (χ4n) is 1.93. The SMILES string of the molecule is Cc1noc2c(F)c(Nc3ccc(Br)cc3Cl)ccc12. The Labute approximate surface area is 127 Å². The van der Waals surface area contributed by atoms with Gasteiger partial charge in [-0.25, -0.2) is 4.39 Å². The molecule has 0 amide bonds. The summed E-state index contributed by atoms with van der Waals surface area (Å²) in [4.78, 5) is 0. The van der Waals surface area contributed by atoms with Crippen LogP contribution >= 0.6 is 27.5 Å². The minimum atomic E-state index is -0.484. The van der Waals surface area contributed by atoms with Crippen LogP contribution in [-0.4, -0.2) is 5.16 Å². The lowest BCUT2D eigenvalue weighted by molar-refractivity contribution is 0.436. The van der Waals surface area contributed by atoms with Crippen molar-refractivity contribution in [1.82, 2.24) is 5.16 Å². The van der Waals surface area contributed by atoms with E-state index in [1.165, 1.54) is 0 Å². The van der Waals surface area contributed by atoms with Gasteiger partial charge in [-0.1, -0.05) is 32.7 Å². The molecule has 0 unspecified atom stereocenters. The average molecular weight is 356 g/mol. The molecule has 0 aliphatic carbocycles. The first kappa shape index (κ1) is 13.4. The molecule has 0 bridgehead atoms. The molecule has 0 aliphatic heterocycles. The Morgan fingerprint density at radius 1 is 1.25 bits per heavy atom. The second-order valence-corrected chi connectivity index (χ2v) is 5.64. The van der Waals surface area contributed by atoms with Crippen molar-refractivity contribution in [2.45, 2.75) is 6.92 Å². The maximum absolute atomic E-state index is 14.3.